The summed E-state index contributed by atoms with van der Waals surface area (Å²) in [5.74, 6) is 5.47. The highest BCUT2D eigenvalue weighted by Gasteiger charge is 2.61. The summed E-state index contributed by atoms with van der Waals surface area (Å²) < 4.78 is 5.25. The van der Waals surface area contributed by atoms with E-state index >= 15 is 0 Å². The van der Waals surface area contributed by atoms with E-state index in [4.69, 9.17) is 4.74 Å². The summed E-state index contributed by atoms with van der Waals surface area (Å²) in [4.78, 5) is 0. The van der Waals surface area contributed by atoms with Gasteiger partial charge in [-0.25, -0.2) is 0 Å². The van der Waals surface area contributed by atoms with Crippen molar-refractivity contribution in [2.75, 3.05) is 7.11 Å². The fraction of sp³-hybridized carbons (Fsp3) is 0.412. The van der Waals surface area contributed by atoms with Gasteiger partial charge in [-0.3, -0.25) is 0 Å². The molecule has 5 atom stereocenters. The lowest BCUT2D eigenvalue weighted by molar-refractivity contribution is 0.414. The van der Waals surface area contributed by atoms with Crippen molar-refractivity contribution in [2.45, 2.75) is 6.42 Å². The molecule has 3 aliphatic carbocycles. The summed E-state index contributed by atoms with van der Waals surface area (Å²) >= 11 is 0. The molecule has 2 saturated carbocycles. The van der Waals surface area contributed by atoms with E-state index in [0.29, 0.717) is 0 Å². The lowest BCUT2D eigenvalue weighted by atomic mass is 10.0. The Morgan fingerprint density at radius 2 is 1.94 bits per heavy atom. The summed E-state index contributed by atoms with van der Waals surface area (Å²) in [7, 11) is 1.72. The van der Waals surface area contributed by atoms with Crippen LogP contribution in [-0.2, 0) is 0 Å². The average Bonchev–Trinajstić information content (AvgIpc) is 2.80. The number of fused-ring (bicyclic) bond motifs is 5. The van der Waals surface area contributed by atoms with Crippen LogP contribution in [0.2, 0.25) is 0 Å². The molecule has 1 heteroatoms. The summed E-state index contributed by atoms with van der Waals surface area (Å²) in [6.07, 6.45) is 11.0. The highest BCUT2D eigenvalue weighted by Crippen LogP contribution is 2.67. The molecule has 0 heterocycles. The number of benzene rings is 1. The van der Waals surface area contributed by atoms with Crippen LogP contribution in [0.15, 0.2) is 42.5 Å². The summed E-state index contributed by atoms with van der Waals surface area (Å²) in [5, 5.41) is 0. The molecule has 1 aromatic rings. The molecule has 0 saturated heterocycles. The van der Waals surface area contributed by atoms with Gasteiger partial charge in [0, 0.05) is 0 Å². The Kier molecular flexibility index (Phi) is 2.17. The predicted molar refractivity (Wildman–Crippen MR) is 73.2 cm³/mol. The minimum atomic E-state index is 0.829. The Morgan fingerprint density at radius 3 is 2.67 bits per heavy atom. The van der Waals surface area contributed by atoms with Crippen LogP contribution in [0.1, 0.15) is 12.0 Å². The van der Waals surface area contributed by atoms with E-state index in [9.17, 15) is 0 Å². The van der Waals surface area contributed by atoms with Crippen molar-refractivity contribution < 1.29 is 4.74 Å². The van der Waals surface area contributed by atoms with E-state index in [-0.39, 0.29) is 0 Å². The van der Waals surface area contributed by atoms with E-state index in [1.165, 1.54) is 12.0 Å². The second-order valence-electron chi connectivity index (χ2n) is 5.82. The number of hydrogen-bond donors (Lipinski definition) is 0. The molecule has 1 unspecified atom stereocenters. The van der Waals surface area contributed by atoms with Crippen molar-refractivity contribution in [3.05, 3.63) is 48.1 Å². The molecule has 0 radical (unpaired) electrons. The van der Waals surface area contributed by atoms with Crippen LogP contribution in [0, 0.1) is 29.6 Å². The minimum Gasteiger partial charge on any atom is -0.497 e. The molecule has 18 heavy (non-hydrogen) atoms. The Balaban J connectivity index is 1.48. The largest absolute Gasteiger partial charge is 0.497 e. The van der Waals surface area contributed by atoms with Crippen LogP contribution >= 0.6 is 0 Å². The Bertz CT molecular complexity index is 510. The zero-order chi connectivity index (χ0) is 12.1. The fourth-order valence-corrected chi connectivity index (χ4v) is 4.08. The van der Waals surface area contributed by atoms with Gasteiger partial charge < -0.3 is 4.74 Å². The average molecular weight is 238 g/mol. The van der Waals surface area contributed by atoms with Crippen LogP contribution in [0.4, 0.5) is 0 Å². The van der Waals surface area contributed by atoms with Crippen molar-refractivity contribution in [2.24, 2.45) is 29.6 Å². The highest BCUT2D eigenvalue weighted by molar-refractivity contribution is 5.53. The van der Waals surface area contributed by atoms with Crippen molar-refractivity contribution in [1.82, 2.24) is 0 Å². The van der Waals surface area contributed by atoms with Crippen LogP contribution in [0.5, 0.6) is 5.75 Å². The van der Waals surface area contributed by atoms with Gasteiger partial charge in [0.05, 0.1) is 7.11 Å². The Morgan fingerprint density at radius 1 is 1.17 bits per heavy atom. The highest BCUT2D eigenvalue weighted by atomic mass is 16.5. The van der Waals surface area contributed by atoms with Gasteiger partial charge in [-0.2, -0.15) is 0 Å². The van der Waals surface area contributed by atoms with E-state index < -0.39 is 0 Å². The fourth-order valence-electron chi connectivity index (χ4n) is 4.08. The van der Waals surface area contributed by atoms with Crippen molar-refractivity contribution in [1.29, 1.82) is 0 Å². The van der Waals surface area contributed by atoms with Crippen LogP contribution in [-0.4, -0.2) is 7.11 Å². The second kappa shape index (κ2) is 3.74. The van der Waals surface area contributed by atoms with E-state index in [0.717, 1.165) is 35.3 Å². The molecule has 2 bridgehead atoms. The first-order chi connectivity index (χ1) is 8.86. The molecule has 0 aromatic heterocycles. The molecular weight excluding hydrogens is 220 g/mol. The predicted octanol–water partition coefficient (Wildman–Crippen LogP) is 3.78. The van der Waals surface area contributed by atoms with Crippen LogP contribution < -0.4 is 4.74 Å². The second-order valence-corrected chi connectivity index (χ2v) is 5.82. The number of hydrogen-bond acceptors (Lipinski definition) is 1. The first-order valence-electron chi connectivity index (χ1n) is 6.87. The maximum Gasteiger partial charge on any atom is 0.119 e. The van der Waals surface area contributed by atoms with Gasteiger partial charge in [0.25, 0.3) is 0 Å². The van der Waals surface area contributed by atoms with Gasteiger partial charge >= 0.3 is 0 Å². The Hall–Kier alpha value is -1.50. The molecule has 3 aliphatic rings. The molecule has 0 spiro atoms. The molecule has 1 aromatic carbocycles. The summed E-state index contributed by atoms with van der Waals surface area (Å²) in [6.45, 7) is 0. The normalized spacial score (nSPS) is 39.3. The minimum absolute atomic E-state index is 0.829. The molecule has 2 fully saturated rings. The quantitative estimate of drug-likeness (QED) is 0.728. The molecule has 0 aliphatic heterocycles. The topological polar surface area (TPSA) is 9.23 Å². The van der Waals surface area contributed by atoms with E-state index in [2.05, 4.69) is 42.5 Å². The Labute approximate surface area is 108 Å². The monoisotopic (exact) mass is 238 g/mol. The molecule has 92 valence electrons. The van der Waals surface area contributed by atoms with E-state index in [1.807, 2.05) is 6.07 Å². The molecule has 1 nitrogen and oxygen atoms in total. The maximum absolute atomic E-state index is 5.25. The van der Waals surface area contributed by atoms with Crippen molar-refractivity contribution in [3.8, 4) is 5.75 Å². The SMILES string of the molecule is COc1cccc(/C=C/C2[C@@H]3[C@H]2[C@H]2C=C[C@@H]3C2)c1. The number of ether oxygens (including phenoxy) is 1. The smallest absolute Gasteiger partial charge is 0.119 e. The lowest BCUT2D eigenvalue weighted by Gasteiger charge is -2.05. The number of rotatable bonds is 3. The van der Waals surface area contributed by atoms with Gasteiger partial charge in [-0.05, 0) is 53.7 Å². The zero-order valence-electron chi connectivity index (χ0n) is 10.6. The van der Waals surface area contributed by atoms with Gasteiger partial charge in [0.1, 0.15) is 5.75 Å². The lowest BCUT2D eigenvalue weighted by Crippen LogP contribution is -1.96. The molecule has 4 rings (SSSR count). The van der Waals surface area contributed by atoms with Gasteiger partial charge in [0.15, 0.2) is 0 Å². The molecular formula is C17H18O. The third-order valence-electron chi connectivity index (χ3n) is 4.94. The first-order valence-corrected chi connectivity index (χ1v) is 6.87. The first kappa shape index (κ1) is 10.4. The van der Waals surface area contributed by atoms with Gasteiger partial charge in [0.2, 0.25) is 0 Å². The van der Waals surface area contributed by atoms with E-state index in [1.54, 1.807) is 7.11 Å². The standard InChI is InChI=1S/C17H18O/c1-18-14-4-2-3-11(9-14)5-8-15-16-12-6-7-13(10-12)17(15)16/h2-9,12-13,15-17H,10H2,1H3/b8-5+/t12-,13+,15?,16-,17+. The van der Waals surface area contributed by atoms with Crippen LogP contribution in [0.3, 0.4) is 0 Å². The molecule has 0 amide bonds. The number of allylic oxidation sites excluding steroid dienone is 3. The third kappa shape index (κ3) is 1.46. The third-order valence-corrected chi connectivity index (χ3v) is 4.94. The van der Waals surface area contributed by atoms with Crippen molar-refractivity contribution in [3.63, 3.8) is 0 Å². The zero-order valence-corrected chi connectivity index (χ0v) is 10.6. The van der Waals surface area contributed by atoms with Gasteiger partial charge in [-0.1, -0.05) is 36.4 Å². The maximum atomic E-state index is 5.25. The van der Waals surface area contributed by atoms with Crippen LogP contribution in [0.25, 0.3) is 6.08 Å². The van der Waals surface area contributed by atoms with Gasteiger partial charge in [-0.15, -0.1) is 0 Å². The number of methoxy groups -OCH3 is 1. The molecule has 0 N–H and O–H groups in total. The summed E-state index contributed by atoms with van der Waals surface area (Å²) in [5.41, 5.74) is 1.25. The summed E-state index contributed by atoms with van der Waals surface area (Å²) in [6, 6.07) is 8.29. The van der Waals surface area contributed by atoms with Crippen molar-refractivity contribution >= 4 is 6.08 Å².